The molecule has 4 nitrogen and oxygen atoms in total. The van der Waals surface area contributed by atoms with Crippen LogP contribution < -0.4 is 10.6 Å². The van der Waals surface area contributed by atoms with E-state index in [9.17, 15) is 9.90 Å². The topological polar surface area (TPSA) is 61.4 Å². The molecule has 4 heteroatoms. The zero-order valence-electron chi connectivity index (χ0n) is 10.4. The Morgan fingerprint density at radius 2 is 2.25 bits per heavy atom. The molecule has 0 aliphatic carbocycles. The highest BCUT2D eigenvalue weighted by atomic mass is 16.3. The molecule has 1 amide bonds. The molecule has 0 spiro atoms. The molecule has 0 bridgehead atoms. The summed E-state index contributed by atoms with van der Waals surface area (Å²) in [5.74, 6) is 0.0237. The van der Waals surface area contributed by atoms with Crippen molar-refractivity contribution in [3.8, 4) is 0 Å². The lowest BCUT2D eigenvalue weighted by molar-refractivity contribution is -0.124. The maximum absolute atomic E-state index is 11.8. The second kappa shape index (κ2) is 6.21. The lowest BCUT2D eigenvalue weighted by Crippen LogP contribution is -2.48. The van der Waals surface area contributed by atoms with E-state index in [1.54, 1.807) is 6.92 Å². The van der Waals surface area contributed by atoms with Gasteiger partial charge in [0, 0.05) is 6.54 Å². The van der Waals surface area contributed by atoms with Crippen LogP contribution in [0.15, 0.2) is 0 Å². The third kappa shape index (κ3) is 4.49. The number of hydrogen-bond donors (Lipinski definition) is 3. The minimum atomic E-state index is -0.791. The Morgan fingerprint density at radius 1 is 1.50 bits per heavy atom. The minimum absolute atomic E-state index is 0.0237. The zero-order valence-corrected chi connectivity index (χ0v) is 10.4. The van der Waals surface area contributed by atoms with Crippen molar-refractivity contribution in [3.05, 3.63) is 0 Å². The average Bonchev–Trinajstić information content (AvgIpc) is 2.54. The largest absolute Gasteiger partial charge is 0.388 e. The first-order chi connectivity index (χ1) is 7.55. The van der Waals surface area contributed by atoms with Crippen molar-refractivity contribution >= 4 is 5.91 Å². The van der Waals surface area contributed by atoms with Crippen molar-refractivity contribution in [1.29, 1.82) is 0 Å². The van der Waals surface area contributed by atoms with Gasteiger partial charge < -0.3 is 15.7 Å². The molecule has 1 fully saturated rings. The Balaban J connectivity index is 2.33. The second-order valence-electron chi connectivity index (χ2n) is 4.92. The standard InChI is InChI=1S/C12H24N2O2/c1-3-12(2,16)9-14-11(15)10-7-5-4-6-8-13-10/h10,13,16H,3-9H2,1-2H3,(H,14,15). The van der Waals surface area contributed by atoms with Gasteiger partial charge in [-0.1, -0.05) is 19.8 Å². The van der Waals surface area contributed by atoms with Crippen LogP contribution in [0.25, 0.3) is 0 Å². The highest BCUT2D eigenvalue weighted by Crippen LogP contribution is 2.10. The van der Waals surface area contributed by atoms with Crippen LogP contribution in [0.5, 0.6) is 0 Å². The van der Waals surface area contributed by atoms with Gasteiger partial charge in [-0.25, -0.2) is 0 Å². The fourth-order valence-electron chi connectivity index (χ4n) is 1.78. The number of amides is 1. The number of rotatable bonds is 4. The van der Waals surface area contributed by atoms with E-state index < -0.39 is 5.60 Å². The van der Waals surface area contributed by atoms with E-state index in [1.165, 1.54) is 6.42 Å². The normalized spacial score (nSPS) is 25.6. The third-order valence-electron chi connectivity index (χ3n) is 3.28. The summed E-state index contributed by atoms with van der Waals surface area (Å²) in [5, 5.41) is 15.9. The number of carbonyl (C=O) groups excluding carboxylic acids is 1. The first kappa shape index (κ1) is 13.5. The van der Waals surface area contributed by atoms with Gasteiger partial charge in [-0.3, -0.25) is 4.79 Å². The van der Waals surface area contributed by atoms with Gasteiger partial charge in [-0.2, -0.15) is 0 Å². The first-order valence-electron chi connectivity index (χ1n) is 6.28. The summed E-state index contributed by atoms with van der Waals surface area (Å²) < 4.78 is 0. The van der Waals surface area contributed by atoms with Crippen molar-refractivity contribution in [1.82, 2.24) is 10.6 Å². The summed E-state index contributed by atoms with van der Waals surface area (Å²) in [6.07, 6.45) is 5.00. The molecule has 1 aliphatic rings. The van der Waals surface area contributed by atoms with Crippen molar-refractivity contribution < 1.29 is 9.90 Å². The van der Waals surface area contributed by atoms with E-state index in [0.717, 1.165) is 25.8 Å². The van der Waals surface area contributed by atoms with Gasteiger partial charge in [0.05, 0.1) is 11.6 Å². The van der Waals surface area contributed by atoms with Crippen LogP contribution in [-0.4, -0.2) is 35.7 Å². The second-order valence-corrected chi connectivity index (χ2v) is 4.92. The predicted octanol–water partition coefficient (Wildman–Crippen LogP) is 0.796. The quantitative estimate of drug-likeness (QED) is 0.667. The summed E-state index contributed by atoms with van der Waals surface area (Å²) in [6, 6.07) is -0.0739. The molecule has 0 saturated carbocycles. The lowest BCUT2D eigenvalue weighted by Gasteiger charge is -2.23. The maximum Gasteiger partial charge on any atom is 0.237 e. The average molecular weight is 228 g/mol. The van der Waals surface area contributed by atoms with Gasteiger partial charge in [0.25, 0.3) is 0 Å². The summed E-state index contributed by atoms with van der Waals surface area (Å²) in [5.41, 5.74) is -0.791. The molecule has 0 aromatic carbocycles. The summed E-state index contributed by atoms with van der Waals surface area (Å²) in [7, 11) is 0. The molecule has 3 N–H and O–H groups in total. The van der Waals surface area contributed by atoms with E-state index in [2.05, 4.69) is 10.6 Å². The van der Waals surface area contributed by atoms with Gasteiger partial charge in [0.1, 0.15) is 0 Å². The maximum atomic E-state index is 11.8. The number of hydrogen-bond acceptors (Lipinski definition) is 3. The fourth-order valence-corrected chi connectivity index (χ4v) is 1.78. The molecular formula is C12H24N2O2. The van der Waals surface area contributed by atoms with Crippen molar-refractivity contribution in [2.75, 3.05) is 13.1 Å². The van der Waals surface area contributed by atoms with E-state index in [1.807, 2.05) is 6.92 Å². The van der Waals surface area contributed by atoms with Crippen LogP contribution in [0.1, 0.15) is 46.0 Å². The molecule has 2 atom stereocenters. The van der Waals surface area contributed by atoms with Gasteiger partial charge in [-0.05, 0) is 32.7 Å². The minimum Gasteiger partial charge on any atom is -0.388 e. The molecule has 1 saturated heterocycles. The van der Waals surface area contributed by atoms with Gasteiger partial charge in [0.2, 0.25) is 5.91 Å². The van der Waals surface area contributed by atoms with Crippen LogP contribution in [-0.2, 0) is 4.79 Å². The number of carbonyl (C=O) groups is 1. The third-order valence-corrected chi connectivity index (χ3v) is 3.28. The Kier molecular flexibility index (Phi) is 5.22. The fraction of sp³-hybridized carbons (Fsp3) is 0.917. The highest BCUT2D eigenvalue weighted by molar-refractivity contribution is 5.81. The van der Waals surface area contributed by atoms with Crippen LogP contribution in [0.4, 0.5) is 0 Å². The van der Waals surface area contributed by atoms with Gasteiger partial charge in [0.15, 0.2) is 0 Å². The number of aliphatic hydroxyl groups is 1. The summed E-state index contributed by atoms with van der Waals surface area (Å²) >= 11 is 0. The van der Waals surface area contributed by atoms with Crippen LogP contribution >= 0.6 is 0 Å². The molecule has 2 unspecified atom stereocenters. The van der Waals surface area contributed by atoms with E-state index in [4.69, 9.17) is 0 Å². The van der Waals surface area contributed by atoms with Crippen LogP contribution in [0.3, 0.4) is 0 Å². The summed E-state index contributed by atoms with van der Waals surface area (Å²) in [4.78, 5) is 11.8. The van der Waals surface area contributed by atoms with E-state index in [0.29, 0.717) is 13.0 Å². The van der Waals surface area contributed by atoms with Gasteiger partial charge >= 0.3 is 0 Å². The monoisotopic (exact) mass is 228 g/mol. The predicted molar refractivity (Wildman–Crippen MR) is 64.2 cm³/mol. The molecule has 94 valence electrons. The Bertz CT molecular complexity index is 221. The first-order valence-corrected chi connectivity index (χ1v) is 6.28. The van der Waals surface area contributed by atoms with Crippen molar-refractivity contribution in [2.45, 2.75) is 57.6 Å². The Morgan fingerprint density at radius 3 is 2.94 bits per heavy atom. The number of nitrogens with one attached hydrogen (secondary N) is 2. The lowest BCUT2D eigenvalue weighted by atomic mass is 10.0. The van der Waals surface area contributed by atoms with E-state index in [-0.39, 0.29) is 11.9 Å². The van der Waals surface area contributed by atoms with Crippen LogP contribution in [0, 0.1) is 0 Å². The molecular weight excluding hydrogens is 204 g/mol. The van der Waals surface area contributed by atoms with Crippen molar-refractivity contribution in [3.63, 3.8) is 0 Å². The zero-order chi connectivity index (χ0) is 12.0. The molecule has 1 aliphatic heterocycles. The Labute approximate surface area is 97.8 Å². The Hall–Kier alpha value is -0.610. The van der Waals surface area contributed by atoms with Gasteiger partial charge in [-0.15, -0.1) is 0 Å². The van der Waals surface area contributed by atoms with Crippen LogP contribution in [0.2, 0.25) is 0 Å². The SMILES string of the molecule is CCC(C)(O)CNC(=O)C1CCCCCN1. The summed E-state index contributed by atoms with van der Waals surface area (Å²) in [6.45, 7) is 4.91. The van der Waals surface area contributed by atoms with Crippen molar-refractivity contribution in [2.24, 2.45) is 0 Å². The van der Waals surface area contributed by atoms with E-state index >= 15 is 0 Å². The highest BCUT2D eigenvalue weighted by Gasteiger charge is 2.23. The smallest absolute Gasteiger partial charge is 0.237 e. The molecule has 0 radical (unpaired) electrons. The molecule has 0 aromatic rings. The molecule has 1 heterocycles. The molecule has 0 aromatic heterocycles. The molecule has 1 rings (SSSR count). The molecule has 16 heavy (non-hydrogen) atoms.